The second-order valence-electron chi connectivity index (χ2n) is 7.71. The number of aliphatic hydroxyl groups excluding tert-OH is 1. The van der Waals surface area contributed by atoms with Gasteiger partial charge in [-0.05, 0) is 55.9 Å². The number of carbonyl (C=O) groups is 1. The van der Waals surface area contributed by atoms with E-state index < -0.39 is 11.3 Å². The van der Waals surface area contributed by atoms with Gasteiger partial charge in [-0.1, -0.05) is 12.1 Å². The van der Waals surface area contributed by atoms with Gasteiger partial charge in [0, 0.05) is 12.8 Å². The van der Waals surface area contributed by atoms with Crippen LogP contribution in [-0.4, -0.2) is 35.6 Å². The molecular weight excluding hydrogens is 318 g/mol. The largest absolute Gasteiger partial charge is 0.509 e. The first-order valence-corrected chi connectivity index (χ1v) is 8.98. The fraction of sp³-hybridized carbons (Fsp3) is 0.550. The molecule has 2 N–H and O–H groups in total. The Balaban J connectivity index is 1.70. The summed E-state index contributed by atoms with van der Waals surface area (Å²) in [4.78, 5) is 12.7. The van der Waals surface area contributed by atoms with Gasteiger partial charge in [0.25, 0.3) is 5.91 Å². The van der Waals surface area contributed by atoms with Crippen LogP contribution >= 0.6 is 0 Å². The first-order valence-electron chi connectivity index (χ1n) is 8.98. The van der Waals surface area contributed by atoms with Gasteiger partial charge in [-0.25, -0.2) is 0 Å². The Kier molecular flexibility index (Phi) is 3.71. The number of rotatable bonds is 1. The molecule has 4 rings (SSSR count). The van der Waals surface area contributed by atoms with E-state index in [4.69, 9.17) is 9.47 Å². The molecule has 0 atom stereocenters. The maximum absolute atomic E-state index is 12.7. The third kappa shape index (κ3) is 2.49. The third-order valence-electron chi connectivity index (χ3n) is 5.91. The molecule has 5 heteroatoms. The molecule has 1 amide bonds. The standard InChI is InChI=1S/C20H25NO4/c1-12-8-14(3)15(9-13(12)2)16-17(22)19(21-18(16)23)10-24-20(25-11-19)6-4-5-7-20/h8-9,22H,4-7,10-11H2,1-3H3,(H,21,23). The Morgan fingerprint density at radius 3 is 2.24 bits per heavy atom. The van der Waals surface area contributed by atoms with Crippen LogP contribution in [0.15, 0.2) is 17.9 Å². The van der Waals surface area contributed by atoms with Crippen LogP contribution in [0.25, 0.3) is 5.57 Å². The number of nitrogens with one attached hydrogen (secondary N) is 1. The van der Waals surface area contributed by atoms with E-state index in [2.05, 4.69) is 5.32 Å². The van der Waals surface area contributed by atoms with Gasteiger partial charge in [0.2, 0.25) is 0 Å². The van der Waals surface area contributed by atoms with Crippen LogP contribution in [0, 0.1) is 20.8 Å². The molecule has 1 aromatic rings. The highest BCUT2D eigenvalue weighted by atomic mass is 16.7. The third-order valence-corrected chi connectivity index (χ3v) is 5.91. The summed E-state index contributed by atoms with van der Waals surface area (Å²) in [6.07, 6.45) is 3.94. The van der Waals surface area contributed by atoms with Crippen molar-refractivity contribution >= 4 is 11.5 Å². The first kappa shape index (κ1) is 16.6. The fourth-order valence-electron chi connectivity index (χ4n) is 4.17. The summed E-state index contributed by atoms with van der Waals surface area (Å²) < 4.78 is 12.0. The van der Waals surface area contributed by atoms with Crippen molar-refractivity contribution in [2.75, 3.05) is 13.2 Å². The highest BCUT2D eigenvalue weighted by Gasteiger charge is 2.53. The molecule has 5 nitrogen and oxygen atoms in total. The highest BCUT2D eigenvalue weighted by molar-refractivity contribution is 6.23. The molecule has 0 aromatic heterocycles. The number of aryl methyl sites for hydroxylation is 3. The lowest BCUT2D eigenvalue weighted by Gasteiger charge is -2.42. The second-order valence-corrected chi connectivity index (χ2v) is 7.71. The summed E-state index contributed by atoms with van der Waals surface area (Å²) >= 11 is 0. The molecule has 1 saturated heterocycles. The Labute approximate surface area is 148 Å². The normalized spacial score (nSPS) is 24.4. The molecular formula is C20H25NO4. The number of carbonyl (C=O) groups excluding carboxylic acids is 1. The molecule has 1 aliphatic carbocycles. The Morgan fingerprint density at radius 2 is 1.60 bits per heavy atom. The van der Waals surface area contributed by atoms with E-state index in [0.29, 0.717) is 5.57 Å². The molecule has 3 aliphatic rings. The lowest BCUT2D eigenvalue weighted by atomic mass is 9.92. The Morgan fingerprint density at radius 1 is 1.00 bits per heavy atom. The summed E-state index contributed by atoms with van der Waals surface area (Å²) in [5, 5.41) is 13.9. The number of ether oxygens (including phenoxy) is 2. The molecule has 0 radical (unpaired) electrons. The minimum atomic E-state index is -0.967. The van der Waals surface area contributed by atoms with Crippen LogP contribution in [0.4, 0.5) is 0 Å². The Hall–Kier alpha value is -1.85. The minimum absolute atomic E-state index is 0.0386. The fourth-order valence-corrected chi connectivity index (χ4v) is 4.17. The smallest absolute Gasteiger partial charge is 0.256 e. The summed E-state index contributed by atoms with van der Waals surface area (Å²) in [6.45, 7) is 6.51. The molecule has 1 aromatic carbocycles. The van der Waals surface area contributed by atoms with Crippen LogP contribution in [-0.2, 0) is 14.3 Å². The van der Waals surface area contributed by atoms with Crippen molar-refractivity contribution in [3.63, 3.8) is 0 Å². The van der Waals surface area contributed by atoms with Gasteiger partial charge in [-0.3, -0.25) is 4.79 Å². The van der Waals surface area contributed by atoms with Crippen LogP contribution in [0.1, 0.15) is 47.9 Å². The number of aliphatic hydroxyl groups is 1. The second kappa shape index (κ2) is 5.58. The van der Waals surface area contributed by atoms with Crippen LogP contribution in [0.2, 0.25) is 0 Å². The zero-order valence-electron chi connectivity index (χ0n) is 15.1. The van der Waals surface area contributed by atoms with E-state index in [9.17, 15) is 9.90 Å². The molecule has 134 valence electrons. The van der Waals surface area contributed by atoms with Crippen molar-refractivity contribution in [2.24, 2.45) is 0 Å². The van der Waals surface area contributed by atoms with Crippen molar-refractivity contribution in [3.8, 4) is 0 Å². The van der Waals surface area contributed by atoms with Crippen molar-refractivity contribution < 1.29 is 19.4 Å². The summed E-state index contributed by atoms with van der Waals surface area (Å²) in [5.74, 6) is -0.745. The van der Waals surface area contributed by atoms with Crippen LogP contribution < -0.4 is 5.32 Å². The van der Waals surface area contributed by atoms with E-state index in [0.717, 1.165) is 42.4 Å². The zero-order chi connectivity index (χ0) is 17.8. The minimum Gasteiger partial charge on any atom is -0.509 e. The Bertz CT molecular complexity index is 764. The summed E-state index contributed by atoms with van der Waals surface area (Å²) in [5.41, 5.74) is 3.39. The quantitative estimate of drug-likeness (QED) is 0.822. The number of amides is 1. The summed E-state index contributed by atoms with van der Waals surface area (Å²) in [6, 6.07) is 4.02. The topological polar surface area (TPSA) is 67.8 Å². The van der Waals surface area contributed by atoms with Crippen molar-refractivity contribution in [1.82, 2.24) is 5.32 Å². The van der Waals surface area contributed by atoms with E-state index in [1.54, 1.807) is 0 Å². The van der Waals surface area contributed by atoms with Gasteiger partial charge in [-0.2, -0.15) is 0 Å². The molecule has 2 aliphatic heterocycles. The maximum Gasteiger partial charge on any atom is 0.256 e. The van der Waals surface area contributed by atoms with Crippen LogP contribution in [0.3, 0.4) is 0 Å². The SMILES string of the molecule is Cc1cc(C)c(C2=C(O)C3(COC4(CCCC4)OC3)NC2=O)cc1C. The lowest BCUT2D eigenvalue weighted by molar-refractivity contribution is -0.283. The summed E-state index contributed by atoms with van der Waals surface area (Å²) in [7, 11) is 0. The molecule has 2 spiro atoms. The van der Waals surface area contributed by atoms with Crippen molar-refractivity contribution in [3.05, 3.63) is 40.1 Å². The van der Waals surface area contributed by atoms with E-state index in [-0.39, 0.29) is 24.9 Å². The van der Waals surface area contributed by atoms with Crippen molar-refractivity contribution in [2.45, 2.75) is 57.8 Å². The van der Waals surface area contributed by atoms with Gasteiger partial charge in [0.1, 0.15) is 11.3 Å². The molecule has 25 heavy (non-hydrogen) atoms. The molecule has 1 saturated carbocycles. The van der Waals surface area contributed by atoms with Crippen LogP contribution in [0.5, 0.6) is 0 Å². The maximum atomic E-state index is 12.7. The number of benzene rings is 1. The molecule has 0 bridgehead atoms. The predicted molar refractivity (Wildman–Crippen MR) is 94.2 cm³/mol. The number of hydrogen-bond donors (Lipinski definition) is 2. The first-order chi connectivity index (χ1) is 11.9. The van der Waals surface area contributed by atoms with Gasteiger partial charge < -0.3 is 19.9 Å². The lowest BCUT2D eigenvalue weighted by Crippen LogP contribution is -2.59. The zero-order valence-corrected chi connectivity index (χ0v) is 15.1. The average molecular weight is 343 g/mol. The van der Waals surface area contributed by atoms with E-state index >= 15 is 0 Å². The molecule has 2 heterocycles. The predicted octanol–water partition coefficient (Wildman–Crippen LogP) is 3.07. The van der Waals surface area contributed by atoms with Gasteiger partial charge in [0.05, 0.1) is 18.8 Å². The van der Waals surface area contributed by atoms with Gasteiger partial charge >= 0.3 is 0 Å². The average Bonchev–Trinajstić information content (AvgIpc) is 3.12. The number of hydrogen-bond acceptors (Lipinski definition) is 4. The molecule has 0 unspecified atom stereocenters. The van der Waals surface area contributed by atoms with Crippen molar-refractivity contribution in [1.29, 1.82) is 0 Å². The highest BCUT2D eigenvalue weighted by Crippen LogP contribution is 2.43. The molecule has 2 fully saturated rings. The monoisotopic (exact) mass is 343 g/mol. The van der Waals surface area contributed by atoms with E-state index in [1.165, 1.54) is 5.56 Å². The van der Waals surface area contributed by atoms with Gasteiger partial charge in [0.15, 0.2) is 5.79 Å². The van der Waals surface area contributed by atoms with E-state index in [1.807, 2.05) is 32.9 Å². The van der Waals surface area contributed by atoms with Gasteiger partial charge in [-0.15, -0.1) is 0 Å².